The maximum absolute atomic E-state index is 13.1. The predicted molar refractivity (Wildman–Crippen MR) is 100 cm³/mol. The SMILES string of the molecule is COc1ccc(CNC(=O)CSc2nc(-c3ccco3)cc(C(F)(F)F)n2)cc1. The molecule has 10 heteroatoms. The number of aromatic nitrogens is 2. The van der Waals surface area contributed by atoms with Crippen LogP contribution in [0, 0.1) is 0 Å². The van der Waals surface area contributed by atoms with Crippen LogP contribution in [-0.4, -0.2) is 28.7 Å². The molecule has 0 bridgehead atoms. The van der Waals surface area contributed by atoms with Crippen molar-refractivity contribution in [3.05, 3.63) is 60.0 Å². The summed E-state index contributed by atoms with van der Waals surface area (Å²) < 4.78 is 49.6. The van der Waals surface area contributed by atoms with Crippen LogP contribution in [0.5, 0.6) is 5.75 Å². The second-order valence-electron chi connectivity index (χ2n) is 5.81. The zero-order valence-electron chi connectivity index (χ0n) is 15.2. The van der Waals surface area contributed by atoms with Crippen LogP contribution in [0.25, 0.3) is 11.5 Å². The lowest BCUT2D eigenvalue weighted by Gasteiger charge is -2.10. The third kappa shape index (κ3) is 5.74. The molecule has 3 rings (SSSR count). The molecule has 2 aromatic heterocycles. The lowest BCUT2D eigenvalue weighted by atomic mass is 10.2. The molecule has 1 amide bonds. The molecule has 0 aliphatic heterocycles. The molecule has 1 aromatic carbocycles. The smallest absolute Gasteiger partial charge is 0.433 e. The summed E-state index contributed by atoms with van der Waals surface area (Å²) in [6.07, 6.45) is -3.31. The Balaban J connectivity index is 1.64. The standard InChI is InChI=1S/C19H16F3N3O3S/c1-27-13-6-4-12(5-7-13)10-23-17(26)11-29-18-24-14(15-3-2-8-28-15)9-16(25-18)19(20,21)22/h2-9H,10-11H2,1H3,(H,23,26). The van der Waals surface area contributed by atoms with Gasteiger partial charge in [-0.1, -0.05) is 23.9 Å². The summed E-state index contributed by atoms with van der Waals surface area (Å²) in [5, 5.41) is 2.54. The molecule has 0 aliphatic rings. The molecule has 0 radical (unpaired) electrons. The van der Waals surface area contributed by atoms with E-state index < -0.39 is 11.9 Å². The first kappa shape index (κ1) is 20.7. The minimum Gasteiger partial charge on any atom is -0.497 e. The summed E-state index contributed by atoms with van der Waals surface area (Å²) in [6, 6.07) is 11.0. The van der Waals surface area contributed by atoms with Gasteiger partial charge in [-0.15, -0.1) is 0 Å². The molecular weight excluding hydrogens is 407 g/mol. The van der Waals surface area contributed by atoms with E-state index >= 15 is 0 Å². The van der Waals surface area contributed by atoms with Crippen molar-refractivity contribution in [2.75, 3.05) is 12.9 Å². The third-order valence-electron chi connectivity index (χ3n) is 3.75. The van der Waals surface area contributed by atoms with Gasteiger partial charge in [0.25, 0.3) is 0 Å². The van der Waals surface area contributed by atoms with E-state index in [1.165, 1.54) is 12.3 Å². The second kappa shape index (κ2) is 8.99. The number of furan rings is 1. The molecule has 0 saturated heterocycles. The predicted octanol–water partition coefficient (Wildman–Crippen LogP) is 4.17. The van der Waals surface area contributed by atoms with E-state index in [4.69, 9.17) is 9.15 Å². The van der Waals surface area contributed by atoms with Gasteiger partial charge in [-0.2, -0.15) is 13.2 Å². The van der Waals surface area contributed by atoms with E-state index in [1.54, 1.807) is 37.4 Å². The fourth-order valence-corrected chi connectivity index (χ4v) is 3.00. The number of halogens is 3. The number of amides is 1. The van der Waals surface area contributed by atoms with E-state index in [1.807, 2.05) is 0 Å². The molecule has 3 aromatic rings. The number of hydrogen-bond donors (Lipinski definition) is 1. The lowest BCUT2D eigenvalue weighted by Crippen LogP contribution is -2.24. The zero-order chi connectivity index (χ0) is 20.9. The molecule has 2 heterocycles. The van der Waals surface area contributed by atoms with Crippen LogP contribution in [0.1, 0.15) is 11.3 Å². The van der Waals surface area contributed by atoms with Gasteiger partial charge >= 0.3 is 6.18 Å². The molecule has 29 heavy (non-hydrogen) atoms. The number of nitrogens with zero attached hydrogens (tertiary/aromatic N) is 2. The van der Waals surface area contributed by atoms with Gasteiger partial charge in [0.05, 0.1) is 19.1 Å². The van der Waals surface area contributed by atoms with Gasteiger partial charge in [0, 0.05) is 6.54 Å². The Bertz CT molecular complexity index is 961. The number of thioether (sulfide) groups is 1. The molecule has 6 nitrogen and oxygen atoms in total. The molecular formula is C19H16F3N3O3S. The van der Waals surface area contributed by atoms with Crippen molar-refractivity contribution in [2.24, 2.45) is 0 Å². The number of methoxy groups -OCH3 is 1. The number of ether oxygens (including phenoxy) is 1. The summed E-state index contributed by atoms with van der Waals surface area (Å²) in [7, 11) is 1.56. The van der Waals surface area contributed by atoms with Gasteiger partial charge in [-0.3, -0.25) is 4.79 Å². The Morgan fingerprint density at radius 2 is 1.97 bits per heavy atom. The van der Waals surface area contributed by atoms with Crippen molar-refractivity contribution < 1.29 is 27.1 Å². The minimum atomic E-state index is -4.64. The van der Waals surface area contributed by atoms with Crippen LogP contribution in [0.4, 0.5) is 13.2 Å². The third-order valence-corrected chi connectivity index (χ3v) is 4.60. The highest BCUT2D eigenvalue weighted by molar-refractivity contribution is 7.99. The number of rotatable bonds is 7. The van der Waals surface area contributed by atoms with Crippen LogP contribution >= 0.6 is 11.8 Å². The number of hydrogen-bond acceptors (Lipinski definition) is 6. The Morgan fingerprint density at radius 3 is 2.59 bits per heavy atom. The Morgan fingerprint density at radius 1 is 1.21 bits per heavy atom. The van der Waals surface area contributed by atoms with Crippen molar-refractivity contribution in [3.63, 3.8) is 0 Å². The number of carbonyl (C=O) groups is 1. The first-order valence-electron chi connectivity index (χ1n) is 8.38. The van der Waals surface area contributed by atoms with Crippen molar-refractivity contribution in [2.45, 2.75) is 17.9 Å². The topological polar surface area (TPSA) is 77.2 Å². The normalized spacial score (nSPS) is 11.3. The molecule has 0 saturated carbocycles. The molecule has 152 valence electrons. The number of nitrogens with one attached hydrogen (secondary N) is 1. The molecule has 0 unspecified atom stereocenters. The lowest BCUT2D eigenvalue weighted by molar-refractivity contribution is -0.141. The van der Waals surface area contributed by atoms with Gasteiger partial charge in [-0.05, 0) is 35.9 Å². The molecule has 1 N–H and O–H groups in total. The molecule has 0 fully saturated rings. The average molecular weight is 423 g/mol. The van der Waals surface area contributed by atoms with Crippen molar-refractivity contribution in [1.82, 2.24) is 15.3 Å². The Labute approximate surface area is 168 Å². The van der Waals surface area contributed by atoms with Gasteiger partial charge < -0.3 is 14.5 Å². The first-order chi connectivity index (χ1) is 13.8. The Kier molecular flexibility index (Phi) is 6.42. The highest BCUT2D eigenvalue weighted by Crippen LogP contribution is 2.32. The summed E-state index contributed by atoms with van der Waals surface area (Å²) >= 11 is 0.816. The Hall–Kier alpha value is -3.01. The van der Waals surface area contributed by atoms with E-state index in [-0.39, 0.29) is 34.8 Å². The average Bonchev–Trinajstić information content (AvgIpc) is 3.25. The van der Waals surface area contributed by atoms with E-state index in [0.29, 0.717) is 5.75 Å². The number of alkyl halides is 3. The summed E-state index contributed by atoms with van der Waals surface area (Å²) in [4.78, 5) is 19.6. The van der Waals surface area contributed by atoms with E-state index in [9.17, 15) is 18.0 Å². The van der Waals surface area contributed by atoms with Crippen molar-refractivity contribution in [3.8, 4) is 17.2 Å². The first-order valence-corrected chi connectivity index (χ1v) is 9.36. The van der Waals surface area contributed by atoms with Crippen LogP contribution in [0.2, 0.25) is 0 Å². The van der Waals surface area contributed by atoms with Gasteiger partial charge in [0.2, 0.25) is 5.91 Å². The quantitative estimate of drug-likeness (QED) is 0.454. The fourth-order valence-electron chi connectivity index (χ4n) is 2.31. The maximum Gasteiger partial charge on any atom is 0.433 e. The van der Waals surface area contributed by atoms with Crippen LogP contribution in [-0.2, 0) is 17.5 Å². The van der Waals surface area contributed by atoms with Gasteiger partial charge in [-0.25, -0.2) is 9.97 Å². The van der Waals surface area contributed by atoms with Gasteiger partial charge in [0.1, 0.15) is 17.1 Å². The molecule has 0 atom stereocenters. The highest BCUT2D eigenvalue weighted by Gasteiger charge is 2.34. The summed E-state index contributed by atoms with van der Waals surface area (Å²) in [6.45, 7) is 0.282. The molecule has 0 spiro atoms. The summed E-state index contributed by atoms with van der Waals surface area (Å²) in [5.74, 6) is 0.398. The van der Waals surface area contributed by atoms with Crippen LogP contribution < -0.4 is 10.1 Å². The van der Waals surface area contributed by atoms with Gasteiger partial charge in [0.15, 0.2) is 10.9 Å². The zero-order valence-corrected chi connectivity index (χ0v) is 16.0. The number of benzene rings is 1. The largest absolute Gasteiger partial charge is 0.497 e. The van der Waals surface area contributed by atoms with E-state index in [0.717, 1.165) is 23.4 Å². The summed E-state index contributed by atoms with van der Waals surface area (Å²) in [5.41, 5.74) is -0.238. The second-order valence-corrected chi connectivity index (χ2v) is 6.75. The van der Waals surface area contributed by atoms with Crippen LogP contribution in [0.15, 0.2) is 58.3 Å². The molecule has 0 aliphatic carbocycles. The van der Waals surface area contributed by atoms with Crippen molar-refractivity contribution in [1.29, 1.82) is 0 Å². The van der Waals surface area contributed by atoms with Crippen LogP contribution in [0.3, 0.4) is 0 Å². The maximum atomic E-state index is 13.1. The highest BCUT2D eigenvalue weighted by atomic mass is 32.2. The minimum absolute atomic E-state index is 0.00142. The van der Waals surface area contributed by atoms with Crippen molar-refractivity contribution >= 4 is 17.7 Å². The van der Waals surface area contributed by atoms with E-state index in [2.05, 4.69) is 15.3 Å². The number of carbonyl (C=O) groups excluding carboxylic acids is 1. The monoisotopic (exact) mass is 423 g/mol. The fraction of sp³-hybridized carbons (Fsp3) is 0.211.